The molecule has 3 N–H and O–H groups in total. The Morgan fingerprint density at radius 3 is 2.24 bits per heavy atom. The van der Waals surface area contributed by atoms with Gasteiger partial charge in [-0.1, -0.05) is 55.0 Å². The monoisotopic (exact) mass is 450 g/mol. The molecule has 0 bridgehead atoms. The number of carbonyl (C=O) groups excluding carboxylic acids is 2. The van der Waals surface area contributed by atoms with E-state index in [4.69, 9.17) is 15.2 Å². The zero-order valence-corrected chi connectivity index (χ0v) is 19.1. The van der Waals surface area contributed by atoms with Gasteiger partial charge < -0.3 is 20.5 Å². The van der Waals surface area contributed by atoms with Crippen LogP contribution in [0.2, 0.25) is 0 Å². The van der Waals surface area contributed by atoms with Crippen LogP contribution in [-0.2, 0) is 14.3 Å². The maximum Gasteiger partial charge on any atom is 0.407 e. The third-order valence-electron chi connectivity index (χ3n) is 6.69. The number of nitrogens with two attached hydrogens (primary N) is 1. The van der Waals surface area contributed by atoms with Crippen molar-refractivity contribution in [2.24, 2.45) is 5.73 Å². The summed E-state index contributed by atoms with van der Waals surface area (Å²) in [4.78, 5) is 24.4. The van der Waals surface area contributed by atoms with E-state index < -0.39 is 12.1 Å². The molecule has 0 radical (unpaired) electrons. The Kier molecular flexibility index (Phi) is 8.00. The molecule has 2 aliphatic carbocycles. The van der Waals surface area contributed by atoms with Gasteiger partial charge in [0, 0.05) is 12.5 Å². The standard InChI is InChI=1S/C27H34N2O4/c28-25(26(30)33-19-10-2-1-3-11-19)16-8-9-17-29-27(31)32-18-24-22-14-6-4-12-20(22)21-13-5-7-15-23(21)24/h4-7,12-15,19,24-25H,1-3,8-11,16-18,28H2,(H,29,31). The van der Waals surface area contributed by atoms with Crippen molar-refractivity contribution in [3.8, 4) is 11.1 Å². The number of fused-ring (bicyclic) bond motifs is 3. The number of ether oxygens (including phenoxy) is 2. The minimum Gasteiger partial charge on any atom is -0.461 e. The second kappa shape index (κ2) is 11.3. The first-order chi connectivity index (χ1) is 16.1. The molecule has 1 unspecified atom stereocenters. The molecule has 0 aromatic heterocycles. The largest absolute Gasteiger partial charge is 0.461 e. The van der Waals surface area contributed by atoms with Crippen LogP contribution in [0.4, 0.5) is 4.79 Å². The smallest absolute Gasteiger partial charge is 0.407 e. The van der Waals surface area contributed by atoms with E-state index in [-0.39, 0.29) is 18.0 Å². The Hall–Kier alpha value is -2.86. The van der Waals surface area contributed by atoms with Crippen molar-refractivity contribution < 1.29 is 19.1 Å². The normalized spacial score (nSPS) is 16.5. The van der Waals surface area contributed by atoms with Gasteiger partial charge in [-0.3, -0.25) is 4.79 Å². The second-order valence-electron chi connectivity index (χ2n) is 9.05. The molecule has 33 heavy (non-hydrogen) atoms. The Bertz CT molecular complexity index is 909. The summed E-state index contributed by atoms with van der Waals surface area (Å²) in [6.07, 6.45) is 6.99. The summed E-state index contributed by atoms with van der Waals surface area (Å²) in [6.45, 7) is 0.790. The number of esters is 1. The first-order valence-electron chi connectivity index (χ1n) is 12.2. The van der Waals surface area contributed by atoms with E-state index in [0.717, 1.165) is 38.5 Å². The van der Waals surface area contributed by atoms with Crippen LogP contribution in [0.1, 0.15) is 68.4 Å². The first-order valence-corrected chi connectivity index (χ1v) is 12.2. The summed E-state index contributed by atoms with van der Waals surface area (Å²) in [5, 5.41) is 2.81. The van der Waals surface area contributed by atoms with Gasteiger partial charge in [-0.25, -0.2) is 4.79 Å². The number of unbranched alkanes of at least 4 members (excludes halogenated alkanes) is 1. The molecular formula is C27H34N2O4. The van der Waals surface area contributed by atoms with E-state index in [0.29, 0.717) is 19.6 Å². The second-order valence-corrected chi connectivity index (χ2v) is 9.05. The van der Waals surface area contributed by atoms with Gasteiger partial charge in [-0.2, -0.15) is 0 Å². The lowest BCUT2D eigenvalue weighted by Crippen LogP contribution is -2.35. The fraction of sp³-hybridized carbons (Fsp3) is 0.481. The Morgan fingerprint density at radius 1 is 0.939 bits per heavy atom. The van der Waals surface area contributed by atoms with E-state index in [9.17, 15) is 9.59 Å². The molecular weight excluding hydrogens is 416 g/mol. The molecule has 6 heteroatoms. The van der Waals surface area contributed by atoms with E-state index in [1.807, 2.05) is 24.3 Å². The summed E-state index contributed by atoms with van der Waals surface area (Å²) in [5.41, 5.74) is 10.8. The zero-order valence-electron chi connectivity index (χ0n) is 19.1. The van der Waals surface area contributed by atoms with E-state index in [1.54, 1.807) is 0 Å². The molecule has 176 valence electrons. The van der Waals surface area contributed by atoms with Crippen LogP contribution >= 0.6 is 0 Å². The maximum atomic E-state index is 12.2. The van der Waals surface area contributed by atoms with Crippen molar-refractivity contribution in [3.05, 3.63) is 59.7 Å². The maximum absolute atomic E-state index is 12.2. The average molecular weight is 451 g/mol. The fourth-order valence-electron chi connectivity index (χ4n) is 4.88. The van der Waals surface area contributed by atoms with Crippen LogP contribution in [0.3, 0.4) is 0 Å². The van der Waals surface area contributed by atoms with Crippen LogP contribution in [0.15, 0.2) is 48.5 Å². The highest BCUT2D eigenvalue weighted by Gasteiger charge is 2.29. The van der Waals surface area contributed by atoms with Crippen molar-refractivity contribution in [2.45, 2.75) is 69.4 Å². The number of hydrogen-bond donors (Lipinski definition) is 2. The van der Waals surface area contributed by atoms with Gasteiger partial charge in [0.05, 0.1) is 0 Å². The fourth-order valence-corrected chi connectivity index (χ4v) is 4.88. The van der Waals surface area contributed by atoms with Crippen molar-refractivity contribution >= 4 is 12.1 Å². The van der Waals surface area contributed by atoms with Crippen LogP contribution in [-0.4, -0.2) is 37.4 Å². The summed E-state index contributed by atoms with van der Waals surface area (Å²) in [7, 11) is 0. The minimum atomic E-state index is -0.596. The van der Waals surface area contributed by atoms with Crippen LogP contribution in [0.25, 0.3) is 11.1 Å². The lowest BCUT2D eigenvalue weighted by atomic mass is 9.98. The topological polar surface area (TPSA) is 90.6 Å². The average Bonchev–Trinajstić information content (AvgIpc) is 3.16. The lowest BCUT2D eigenvalue weighted by Gasteiger charge is -2.23. The van der Waals surface area contributed by atoms with Gasteiger partial charge in [0.2, 0.25) is 0 Å². The van der Waals surface area contributed by atoms with Crippen LogP contribution < -0.4 is 11.1 Å². The number of rotatable bonds is 9. The van der Waals surface area contributed by atoms with Crippen LogP contribution in [0.5, 0.6) is 0 Å². The summed E-state index contributed by atoms with van der Waals surface area (Å²) < 4.78 is 11.1. The van der Waals surface area contributed by atoms with Gasteiger partial charge >= 0.3 is 12.1 Å². The Balaban J connectivity index is 1.14. The highest BCUT2D eigenvalue weighted by Crippen LogP contribution is 2.44. The van der Waals surface area contributed by atoms with Gasteiger partial charge in [0.15, 0.2) is 0 Å². The van der Waals surface area contributed by atoms with Gasteiger partial charge in [0.1, 0.15) is 18.8 Å². The third-order valence-corrected chi connectivity index (χ3v) is 6.69. The van der Waals surface area contributed by atoms with Gasteiger partial charge in [-0.05, 0) is 67.2 Å². The molecule has 4 rings (SSSR count). The molecule has 2 aromatic carbocycles. The molecule has 0 spiro atoms. The quantitative estimate of drug-likeness (QED) is 0.419. The third kappa shape index (κ3) is 5.93. The van der Waals surface area contributed by atoms with Crippen molar-refractivity contribution in [3.63, 3.8) is 0 Å². The number of amides is 1. The minimum absolute atomic E-state index is 0.0348. The molecule has 2 aromatic rings. The highest BCUT2D eigenvalue weighted by atomic mass is 16.6. The number of carbonyl (C=O) groups is 2. The molecule has 1 amide bonds. The molecule has 0 aliphatic heterocycles. The molecule has 0 heterocycles. The number of hydrogen-bond acceptors (Lipinski definition) is 5. The molecule has 6 nitrogen and oxygen atoms in total. The Labute approximate surface area is 195 Å². The SMILES string of the molecule is NC(CCCCNC(=O)OCC1c2ccccc2-c2ccccc21)C(=O)OC1CCCCC1. The van der Waals surface area contributed by atoms with Crippen molar-refractivity contribution in [2.75, 3.05) is 13.2 Å². The number of nitrogens with one attached hydrogen (secondary N) is 1. The van der Waals surface area contributed by atoms with Gasteiger partial charge in [-0.15, -0.1) is 0 Å². The summed E-state index contributed by atoms with van der Waals surface area (Å²) in [6, 6.07) is 15.9. The number of alkyl carbamates (subject to hydrolysis) is 1. The lowest BCUT2D eigenvalue weighted by molar-refractivity contribution is -0.152. The first kappa shape index (κ1) is 23.3. The molecule has 1 saturated carbocycles. The van der Waals surface area contributed by atoms with Gasteiger partial charge in [0.25, 0.3) is 0 Å². The summed E-state index contributed by atoms with van der Waals surface area (Å²) in [5.74, 6) is -0.247. The Morgan fingerprint density at radius 2 is 1.58 bits per heavy atom. The summed E-state index contributed by atoms with van der Waals surface area (Å²) >= 11 is 0. The van der Waals surface area contributed by atoms with Crippen molar-refractivity contribution in [1.82, 2.24) is 5.32 Å². The van der Waals surface area contributed by atoms with E-state index >= 15 is 0 Å². The molecule has 1 atom stereocenters. The van der Waals surface area contributed by atoms with Crippen LogP contribution in [0, 0.1) is 0 Å². The molecule has 1 fully saturated rings. The van der Waals surface area contributed by atoms with E-state index in [1.165, 1.54) is 28.7 Å². The highest BCUT2D eigenvalue weighted by molar-refractivity contribution is 5.79. The number of benzene rings is 2. The predicted octanol–water partition coefficient (Wildman–Crippen LogP) is 4.90. The predicted molar refractivity (Wildman–Crippen MR) is 128 cm³/mol. The molecule has 2 aliphatic rings. The molecule has 0 saturated heterocycles. The zero-order chi connectivity index (χ0) is 23.0. The van der Waals surface area contributed by atoms with E-state index in [2.05, 4.69) is 29.6 Å². The van der Waals surface area contributed by atoms with Crippen molar-refractivity contribution in [1.29, 1.82) is 0 Å².